The van der Waals surface area contributed by atoms with E-state index in [4.69, 9.17) is 5.73 Å². The van der Waals surface area contributed by atoms with Crippen LogP contribution in [-0.2, 0) is 11.8 Å². The first-order chi connectivity index (χ1) is 7.58. The van der Waals surface area contributed by atoms with Gasteiger partial charge in [-0.25, -0.2) is 0 Å². The lowest BCUT2D eigenvalue weighted by Crippen LogP contribution is -2.36. The van der Waals surface area contributed by atoms with Crippen LogP contribution in [0.3, 0.4) is 0 Å². The van der Waals surface area contributed by atoms with E-state index in [0.29, 0.717) is 5.92 Å². The summed E-state index contributed by atoms with van der Waals surface area (Å²) in [5.41, 5.74) is 6.72. The molecule has 16 heavy (non-hydrogen) atoms. The van der Waals surface area contributed by atoms with E-state index in [-0.39, 0.29) is 5.91 Å². The topological polar surface area (TPSA) is 64.2 Å². The van der Waals surface area contributed by atoms with Gasteiger partial charge in [-0.15, -0.1) is 0 Å². The first-order valence-electron chi connectivity index (χ1n) is 5.61. The summed E-state index contributed by atoms with van der Waals surface area (Å²) in [7, 11) is 1.82. The van der Waals surface area contributed by atoms with Crippen molar-refractivity contribution in [3.05, 3.63) is 18.0 Å². The summed E-state index contributed by atoms with van der Waals surface area (Å²) < 4.78 is 1.66. The molecule has 1 fully saturated rings. The molecule has 5 heteroatoms. The number of nitrogens with two attached hydrogens (primary N) is 1. The van der Waals surface area contributed by atoms with E-state index in [1.807, 2.05) is 11.9 Å². The van der Waals surface area contributed by atoms with E-state index < -0.39 is 6.04 Å². The number of hydrogen-bond acceptors (Lipinski definition) is 3. The van der Waals surface area contributed by atoms with Crippen LogP contribution in [0.5, 0.6) is 0 Å². The third-order valence-electron chi connectivity index (χ3n) is 3.09. The van der Waals surface area contributed by atoms with Gasteiger partial charge in [0.1, 0.15) is 6.04 Å². The second-order valence-electron chi connectivity index (χ2n) is 4.60. The molecule has 1 aromatic heterocycles. The van der Waals surface area contributed by atoms with Gasteiger partial charge in [-0.3, -0.25) is 9.48 Å². The van der Waals surface area contributed by atoms with E-state index in [0.717, 1.165) is 25.1 Å². The van der Waals surface area contributed by atoms with Crippen LogP contribution in [0.1, 0.15) is 24.9 Å². The minimum Gasteiger partial charge on any atom is -0.341 e. The number of likely N-dealkylation sites (tertiary alicyclic amines) is 1. The highest BCUT2D eigenvalue weighted by Gasteiger charge is 2.28. The zero-order valence-electron chi connectivity index (χ0n) is 9.76. The van der Waals surface area contributed by atoms with Gasteiger partial charge in [0, 0.05) is 31.9 Å². The van der Waals surface area contributed by atoms with Crippen LogP contribution in [0.2, 0.25) is 0 Å². The Hall–Kier alpha value is -1.36. The molecule has 0 saturated carbocycles. The number of carbonyl (C=O) groups excluding carboxylic acids is 1. The molecular formula is C11H18N4O. The molecule has 0 radical (unpaired) electrons. The molecule has 0 aliphatic carbocycles. The number of aryl methyl sites for hydroxylation is 1. The molecule has 1 aromatic rings. The van der Waals surface area contributed by atoms with Crippen molar-refractivity contribution in [2.45, 2.75) is 19.4 Å². The van der Waals surface area contributed by atoms with Crippen LogP contribution in [0, 0.1) is 5.92 Å². The molecule has 2 rings (SSSR count). The van der Waals surface area contributed by atoms with Crippen LogP contribution in [-0.4, -0.2) is 33.7 Å². The average Bonchev–Trinajstić information content (AvgIpc) is 2.85. The van der Waals surface area contributed by atoms with Gasteiger partial charge in [-0.1, -0.05) is 6.92 Å². The van der Waals surface area contributed by atoms with Crippen molar-refractivity contribution < 1.29 is 4.79 Å². The molecule has 88 valence electrons. The minimum absolute atomic E-state index is 0.0114. The summed E-state index contributed by atoms with van der Waals surface area (Å²) in [6.07, 6.45) is 4.52. The highest BCUT2D eigenvalue weighted by Crippen LogP contribution is 2.19. The van der Waals surface area contributed by atoms with E-state index in [2.05, 4.69) is 12.0 Å². The first-order valence-corrected chi connectivity index (χ1v) is 5.61. The van der Waals surface area contributed by atoms with E-state index >= 15 is 0 Å². The Balaban J connectivity index is 2.04. The second kappa shape index (κ2) is 4.25. The van der Waals surface area contributed by atoms with Crippen LogP contribution >= 0.6 is 0 Å². The van der Waals surface area contributed by atoms with Gasteiger partial charge in [0.05, 0.1) is 6.20 Å². The van der Waals surface area contributed by atoms with Crippen LogP contribution in [0.25, 0.3) is 0 Å². The lowest BCUT2D eigenvalue weighted by atomic mass is 10.1. The molecule has 0 spiro atoms. The Bertz CT molecular complexity index is 387. The average molecular weight is 222 g/mol. The van der Waals surface area contributed by atoms with Crippen molar-refractivity contribution in [2.75, 3.05) is 13.1 Å². The number of nitrogens with zero attached hydrogens (tertiary/aromatic N) is 3. The van der Waals surface area contributed by atoms with Crippen molar-refractivity contribution >= 4 is 5.91 Å². The van der Waals surface area contributed by atoms with Gasteiger partial charge in [0.25, 0.3) is 0 Å². The van der Waals surface area contributed by atoms with Crippen molar-refractivity contribution in [3.63, 3.8) is 0 Å². The Morgan fingerprint density at radius 3 is 2.94 bits per heavy atom. The number of amides is 1. The fourth-order valence-corrected chi connectivity index (χ4v) is 2.08. The molecule has 2 unspecified atom stereocenters. The zero-order chi connectivity index (χ0) is 11.7. The van der Waals surface area contributed by atoms with E-state index in [9.17, 15) is 4.79 Å². The van der Waals surface area contributed by atoms with Crippen LogP contribution < -0.4 is 5.73 Å². The fraction of sp³-hybridized carbons (Fsp3) is 0.636. The van der Waals surface area contributed by atoms with Crippen molar-refractivity contribution in [1.29, 1.82) is 0 Å². The molecule has 1 saturated heterocycles. The monoisotopic (exact) mass is 222 g/mol. The van der Waals surface area contributed by atoms with Gasteiger partial charge in [-0.2, -0.15) is 5.10 Å². The summed E-state index contributed by atoms with van der Waals surface area (Å²) >= 11 is 0. The van der Waals surface area contributed by atoms with Gasteiger partial charge in [-0.05, 0) is 12.3 Å². The lowest BCUT2D eigenvalue weighted by molar-refractivity contribution is -0.131. The summed E-state index contributed by atoms with van der Waals surface area (Å²) in [6.45, 7) is 3.81. The number of hydrogen-bond donors (Lipinski definition) is 1. The zero-order valence-corrected chi connectivity index (χ0v) is 9.76. The first kappa shape index (κ1) is 11.1. The minimum atomic E-state index is -0.570. The summed E-state index contributed by atoms with van der Waals surface area (Å²) in [5.74, 6) is 0.599. The van der Waals surface area contributed by atoms with Crippen molar-refractivity contribution in [3.8, 4) is 0 Å². The number of rotatable bonds is 2. The molecule has 1 aliphatic heterocycles. The molecule has 1 amide bonds. The predicted octanol–water partition coefficient (Wildman–Crippen LogP) is 0.288. The van der Waals surface area contributed by atoms with Gasteiger partial charge >= 0.3 is 0 Å². The third kappa shape index (κ3) is 2.09. The largest absolute Gasteiger partial charge is 0.341 e. The molecule has 0 bridgehead atoms. The normalized spacial score (nSPS) is 22.4. The van der Waals surface area contributed by atoms with E-state index in [1.165, 1.54) is 0 Å². The van der Waals surface area contributed by atoms with Crippen LogP contribution in [0.4, 0.5) is 0 Å². The standard InChI is InChI=1S/C11H18N4O/c1-8-3-4-15(6-8)11(16)10(12)9-5-13-14(2)7-9/h5,7-8,10H,3-4,6,12H2,1-2H3. The van der Waals surface area contributed by atoms with Crippen LogP contribution in [0.15, 0.2) is 12.4 Å². The maximum atomic E-state index is 12.1. The maximum absolute atomic E-state index is 12.1. The van der Waals surface area contributed by atoms with Crippen molar-refractivity contribution in [2.24, 2.45) is 18.7 Å². The summed E-state index contributed by atoms with van der Waals surface area (Å²) in [5, 5.41) is 4.03. The Kier molecular flexibility index (Phi) is 2.96. The molecule has 2 N–H and O–H groups in total. The Labute approximate surface area is 95.2 Å². The highest BCUT2D eigenvalue weighted by molar-refractivity contribution is 5.83. The fourth-order valence-electron chi connectivity index (χ4n) is 2.08. The molecule has 2 atom stereocenters. The van der Waals surface area contributed by atoms with Gasteiger partial charge in [0.2, 0.25) is 5.91 Å². The lowest BCUT2D eigenvalue weighted by Gasteiger charge is -2.19. The molecular weight excluding hydrogens is 204 g/mol. The smallest absolute Gasteiger partial charge is 0.244 e. The summed E-state index contributed by atoms with van der Waals surface area (Å²) in [4.78, 5) is 13.9. The molecule has 5 nitrogen and oxygen atoms in total. The Morgan fingerprint density at radius 2 is 2.44 bits per heavy atom. The highest BCUT2D eigenvalue weighted by atomic mass is 16.2. The molecule has 2 heterocycles. The third-order valence-corrected chi connectivity index (χ3v) is 3.09. The quantitative estimate of drug-likeness (QED) is 0.782. The number of aromatic nitrogens is 2. The van der Waals surface area contributed by atoms with Crippen molar-refractivity contribution in [1.82, 2.24) is 14.7 Å². The second-order valence-corrected chi connectivity index (χ2v) is 4.60. The summed E-state index contributed by atoms with van der Waals surface area (Å²) in [6, 6.07) is -0.570. The Morgan fingerprint density at radius 1 is 1.69 bits per heavy atom. The van der Waals surface area contributed by atoms with E-state index in [1.54, 1.807) is 17.1 Å². The molecule has 1 aliphatic rings. The van der Waals surface area contributed by atoms with Gasteiger partial charge in [0.15, 0.2) is 0 Å². The maximum Gasteiger partial charge on any atom is 0.244 e. The predicted molar refractivity (Wildman–Crippen MR) is 60.5 cm³/mol. The molecule has 0 aromatic carbocycles. The van der Waals surface area contributed by atoms with Gasteiger partial charge < -0.3 is 10.6 Å². The number of carbonyl (C=O) groups is 1. The SMILES string of the molecule is CC1CCN(C(=O)C(N)c2cnn(C)c2)C1.